The maximum Gasteiger partial charge on any atom is 0.257 e. The van der Waals surface area contributed by atoms with Gasteiger partial charge in [0.1, 0.15) is 11.5 Å². The summed E-state index contributed by atoms with van der Waals surface area (Å²) in [6, 6.07) is 11.7. The Morgan fingerprint density at radius 1 is 1.17 bits per heavy atom. The second-order valence-corrected chi connectivity index (χ2v) is 5.46. The van der Waals surface area contributed by atoms with Crippen LogP contribution in [0.3, 0.4) is 0 Å². The molecule has 2 N–H and O–H groups in total. The van der Waals surface area contributed by atoms with Gasteiger partial charge in [-0.2, -0.15) is 0 Å². The zero-order valence-electron chi connectivity index (χ0n) is 13.9. The van der Waals surface area contributed by atoms with Crippen molar-refractivity contribution in [2.75, 3.05) is 26.0 Å². The normalized spacial score (nSPS) is 10.1. The zero-order valence-corrected chi connectivity index (χ0v) is 13.9. The molecule has 0 saturated heterocycles. The number of aromatic hydroxyl groups is 1. The number of nitrogens with zero attached hydrogens (tertiary/aromatic N) is 1. The third-order valence-corrected chi connectivity index (χ3v) is 3.48. The van der Waals surface area contributed by atoms with Crippen molar-refractivity contribution in [3.63, 3.8) is 0 Å². The van der Waals surface area contributed by atoms with E-state index in [1.54, 1.807) is 43.5 Å². The number of nitrogens with one attached hydrogen (secondary N) is 1. The first kappa shape index (κ1) is 17.3. The van der Waals surface area contributed by atoms with Crippen LogP contribution >= 0.6 is 0 Å². The van der Waals surface area contributed by atoms with Gasteiger partial charge in [0.15, 0.2) is 0 Å². The van der Waals surface area contributed by atoms with E-state index in [1.807, 2.05) is 6.92 Å². The number of amides is 2. The summed E-state index contributed by atoms with van der Waals surface area (Å²) < 4.78 is 5.05. The lowest BCUT2D eigenvalue weighted by Crippen LogP contribution is -2.35. The van der Waals surface area contributed by atoms with Gasteiger partial charge in [0.25, 0.3) is 5.91 Å². The lowest BCUT2D eigenvalue weighted by molar-refractivity contribution is -0.116. The fraction of sp³-hybridized carbons (Fsp3) is 0.222. The second-order valence-electron chi connectivity index (χ2n) is 5.46. The highest BCUT2D eigenvalue weighted by atomic mass is 16.5. The lowest BCUT2D eigenvalue weighted by Gasteiger charge is -2.17. The second kappa shape index (κ2) is 7.50. The number of methoxy groups -OCH3 is 1. The molecule has 0 aliphatic heterocycles. The molecule has 2 aromatic rings. The van der Waals surface area contributed by atoms with Crippen molar-refractivity contribution in [2.45, 2.75) is 6.92 Å². The van der Waals surface area contributed by atoms with E-state index in [9.17, 15) is 14.7 Å². The molecule has 0 aliphatic carbocycles. The van der Waals surface area contributed by atoms with Crippen LogP contribution < -0.4 is 10.1 Å². The minimum Gasteiger partial charge on any atom is -0.507 e. The van der Waals surface area contributed by atoms with Crippen molar-refractivity contribution in [2.24, 2.45) is 0 Å². The molecule has 6 nitrogen and oxygen atoms in total. The van der Waals surface area contributed by atoms with Gasteiger partial charge in [-0.25, -0.2) is 0 Å². The Morgan fingerprint density at radius 3 is 2.42 bits per heavy atom. The van der Waals surface area contributed by atoms with Crippen LogP contribution in [0.15, 0.2) is 42.5 Å². The molecule has 24 heavy (non-hydrogen) atoms. The predicted molar refractivity (Wildman–Crippen MR) is 91.4 cm³/mol. The van der Waals surface area contributed by atoms with Crippen LogP contribution in [0.2, 0.25) is 0 Å². The first-order valence-corrected chi connectivity index (χ1v) is 7.39. The molecule has 0 radical (unpaired) electrons. The van der Waals surface area contributed by atoms with Gasteiger partial charge in [-0.15, -0.1) is 0 Å². The number of ether oxygens (including phenoxy) is 1. The van der Waals surface area contributed by atoms with Crippen molar-refractivity contribution in [1.82, 2.24) is 4.90 Å². The highest BCUT2D eigenvalue weighted by Crippen LogP contribution is 2.20. The Labute approximate surface area is 140 Å². The van der Waals surface area contributed by atoms with E-state index in [1.165, 1.54) is 18.0 Å². The van der Waals surface area contributed by atoms with Crippen molar-refractivity contribution >= 4 is 17.5 Å². The van der Waals surface area contributed by atoms with E-state index in [2.05, 4.69) is 5.32 Å². The highest BCUT2D eigenvalue weighted by Gasteiger charge is 2.18. The molecule has 0 atom stereocenters. The number of phenolic OH excluding ortho intramolecular Hbond substituents is 1. The number of rotatable bonds is 5. The summed E-state index contributed by atoms with van der Waals surface area (Å²) in [5, 5.41) is 12.6. The Morgan fingerprint density at radius 2 is 1.83 bits per heavy atom. The van der Waals surface area contributed by atoms with Gasteiger partial charge >= 0.3 is 0 Å². The molecular weight excluding hydrogens is 308 g/mol. The van der Waals surface area contributed by atoms with Crippen molar-refractivity contribution in [3.8, 4) is 11.5 Å². The summed E-state index contributed by atoms with van der Waals surface area (Å²) in [5.41, 5.74) is 1.63. The van der Waals surface area contributed by atoms with Gasteiger partial charge in [-0.1, -0.05) is 6.07 Å². The molecular formula is C18H20N2O4. The first-order valence-electron chi connectivity index (χ1n) is 7.39. The van der Waals surface area contributed by atoms with Crippen molar-refractivity contribution in [1.29, 1.82) is 0 Å². The largest absolute Gasteiger partial charge is 0.507 e. The standard InChI is InChI=1S/C18H20N2O4/c1-12-4-9-15(16(21)10-12)18(23)20(2)11-17(22)19-13-5-7-14(24-3)8-6-13/h4-10,21H,11H2,1-3H3,(H,19,22). The van der Waals surface area contributed by atoms with Crippen molar-refractivity contribution < 1.29 is 19.4 Å². The van der Waals surface area contributed by atoms with Crippen LogP contribution in [-0.4, -0.2) is 42.5 Å². The Hall–Kier alpha value is -3.02. The van der Waals surface area contributed by atoms with Gasteiger partial charge in [-0.05, 0) is 48.9 Å². The Kier molecular flexibility index (Phi) is 5.42. The lowest BCUT2D eigenvalue weighted by atomic mass is 10.1. The number of carbonyl (C=O) groups excluding carboxylic acids is 2. The number of anilines is 1. The zero-order chi connectivity index (χ0) is 17.7. The van der Waals surface area contributed by atoms with Gasteiger partial charge in [0.05, 0.1) is 19.2 Å². The third-order valence-electron chi connectivity index (χ3n) is 3.48. The molecule has 0 saturated carbocycles. The molecule has 0 fully saturated rings. The third kappa shape index (κ3) is 4.25. The Bertz CT molecular complexity index is 741. The summed E-state index contributed by atoms with van der Waals surface area (Å²) in [7, 11) is 3.07. The average Bonchev–Trinajstić information content (AvgIpc) is 2.54. The number of likely N-dealkylation sites (N-methyl/N-ethyl adjacent to an activating group) is 1. The van der Waals surface area contributed by atoms with Crippen LogP contribution in [0, 0.1) is 6.92 Å². The molecule has 0 aromatic heterocycles. The van der Waals surface area contributed by atoms with E-state index >= 15 is 0 Å². The monoisotopic (exact) mass is 328 g/mol. The van der Waals surface area contributed by atoms with E-state index < -0.39 is 5.91 Å². The van der Waals surface area contributed by atoms with Crippen molar-refractivity contribution in [3.05, 3.63) is 53.6 Å². The number of phenols is 1. The van der Waals surface area contributed by atoms with Crippen LogP contribution in [-0.2, 0) is 4.79 Å². The highest BCUT2D eigenvalue weighted by molar-refractivity contribution is 6.00. The quantitative estimate of drug-likeness (QED) is 0.883. The number of aryl methyl sites for hydroxylation is 1. The Balaban J connectivity index is 1.98. The number of benzene rings is 2. The maximum absolute atomic E-state index is 12.3. The van der Waals surface area contributed by atoms with E-state index in [0.29, 0.717) is 11.4 Å². The maximum atomic E-state index is 12.3. The van der Waals surface area contributed by atoms with E-state index in [0.717, 1.165) is 5.56 Å². The van der Waals surface area contributed by atoms with E-state index in [4.69, 9.17) is 4.74 Å². The fourth-order valence-electron chi connectivity index (χ4n) is 2.19. The summed E-state index contributed by atoms with van der Waals surface area (Å²) in [5.74, 6) is -0.155. The summed E-state index contributed by atoms with van der Waals surface area (Å²) >= 11 is 0. The van der Waals surface area contributed by atoms with Crippen LogP contribution in [0.25, 0.3) is 0 Å². The van der Waals surface area contributed by atoms with Gasteiger partial charge < -0.3 is 20.1 Å². The molecule has 0 heterocycles. The summed E-state index contributed by atoms with van der Waals surface area (Å²) in [4.78, 5) is 25.6. The van der Waals surface area contributed by atoms with Gasteiger partial charge in [0, 0.05) is 12.7 Å². The first-order chi connectivity index (χ1) is 11.4. The molecule has 0 unspecified atom stereocenters. The molecule has 126 valence electrons. The fourth-order valence-corrected chi connectivity index (χ4v) is 2.19. The molecule has 0 spiro atoms. The molecule has 0 aliphatic rings. The molecule has 2 amide bonds. The van der Waals surface area contributed by atoms with Crippen LogP contribution in [0.4, 0.5) is 5.69 Å². The predicted octanol–water partition coefficient (Wildman–Crippen LogP) is 2.42. The molecule has 6 heteroatoms. The van der Waals surface area contributed by atoms with E-state index in [-0.39, 0.29) is 23.8 Å². The van der Waals surface area contributed by atoms with Crippen LogP contribution in [0.1, 0.15) is 15.9 Å². The molecule has 0 bridgehead atoms. The topological polar surface area (TPSA) is 78.9 Å². The number of hydrogen-bond acceptors (Lipinski definition) is 4. The molecule has 2 rings (SSSR count). The average molecular weight is 328 g/mol. The summed E-state index contributed by atoms with van der Waals surface area (Å²) in [6.45, 7) is 1.69. The summed E-state index contributed by atoms with van der Waals surface area (Å²) in [6.07, 6.45) is 0. The smallest absolute Gasteiger partial charge is 0.257 e. The van der Waals surface area contributed by atoms with Gasteiger partial charge in [0.2, 0.25) is 5.91 Å². The minimum absolute atomic E-state index is 0.0950. The van der Waals surface area contributed by atoms with Gasteiger partial charge in [-0.3, -0.25) is 9.59 Å². The minimum atomic E-state index is -0.419. The molecule has 2 aromatic carbocycles. The SMILES string of the molecule is COc1ccc(NC(=O)CN(C)C(=O)c2ccc(C)cc2O)cc1. The van der Waals surface area contributed by atoms with Crippen LogP contribution in [0.5, 0.6) is 11.5 Å². The number of carbonyl (C=O) groups is 2. The number of hydrogen-bond donors (Lipinski definition) is 2.